The predicted octanol–water partition coefficient (Wildman–Crippen LogP) is 3.77. The van der Waals surface area contributed by atoms with Crippen LogP contribution < -0.4 is 0 Å². The van der Waals surface area contributed by atoms with Gasteiger partial charge in [0, 0.05) is 30.2 Å². The normalized spacial score (nSPS) is 14.8. The third-order valence-electron chi connectivity index (χ3n) is 4.32. The van der Waals surface area contributed by atoms with Gasteiger partial charge in [0.25, 0.3) is 0 Å². The Morgan fingerprint density at radius 1 is 1.13 bits per heavy atom. The van der Waals surface area contributed by atoms with Gasteiger partial charge in [-0.2, -0.15) is 5.10 Å². The minimum atomic E-state index is 0.654. The van der Waals surface area contributed by atoms with E-state index in [2.05, 4.69) is 54.9 Å². The fourth-order valence-electron chi connectivity index (χ4n) is 3.01. The Hall–Kier alpha value is -2.21. The van der Waals surface area contributed by atoms with Crippen molar-refractivity contribution in [2.24, 2.45) is 0 Å². The number of pyridine rings is 2. The lowest BCUT2D eigenvalue weighted by Gasteiger charge is -1.98. The Labute approximate surface area is 141 Å². The average Bonchev–Trinajstić information content (AvgIpc) is 3.18. The van der Waals surface area contributed by atoms with Crippen molar-refractivity contribution in [1.29, 1.82) is 0 Å². The molecular formula is C17H14BrN5. The van der Waals surface area contributed by atoms with Crippen molar-refractivity contribution in [2.75, 3.05) is 0 Å². The van der Waals surface area contributed by atoms with Crippen molar-refractivity contribution in [3.05, 3.63) is 58.8 Å². The number of halogens is 1. The zero-order valence-corrected chi connectivity index (χ0v) is 13.9. The first kappa shape index (κ1) is 13.2. The van der Waals surface area contributed by atoms with Crippen molar-refractivity contribution in [3.63, 3.8) is 0 Å². The Balaban J connectivity index is 1.50. The second-order valence-corrected chi connectivity index (χ2v) is 6.85. The van der Waals surface area contributed by atoms with Gasteiger partial charge in [-0.05, 0) is 52.4 Å². The van der Waals surface area contributed by atoms with Crippen LogP contribution in [0.5, 0.6) is 0 Å². The summed E-state index contributed by atoms with van der Waals surface area (Å²) >= 11 is 3.44. The molecule has 1 fully saturated rings. The number of imidazole rings is 1. The van der Waals surface area contributed by atoms with E-state index >= 15 is 0 Å². The van der Waals surface area contributed by atoms with Crippen LogP contribution >= 0.6 is 15.9 Å². The number of fused-ring (bicyclic) bond motifs is 2. The first-order chi connectivity index (χ1) is 11.3. The molecule has 1 aliphatic carbocycles. The standard InChI is InChI=1S/C17H14BrN5/c18-17-16-13(5-6-19-17)8-23(21-16)10-14-9-22-7-12(11-1-2-11)3-4-15(22)20-14/h3-9,11H,1-2,10H2. The summed E-state index contributed by atoms with van der Waals surface area (Å²) in [5, 5.41) is 5.67. The summed E-state index contributed by atoms with van der Waals surface area (Å²) in [6.45, 7) is 0.654. The van der Waals surface area contributed by atoms with Gasteiger partial charge in [-0.25, -0.2) is 9.97 Å². The molecule has 0 bridgehead atoms. The molecule has 0 atom stereocenters. The molecule has 1 aliphatic rings. The van der Waals surface area contributed by atoms with E-state index in [-0.39, 0.29) is 0 Å². The van der Waals surface area contributed by atoms with Crippen LogP contribution in [0.25, 0.3) is 16.6 Å². The zero-order chi connectivity index (χ0) is 15.4. The molecule has 6 heteroatoms. The fraction of sp³-hybridized carbons (Fsp3) is 0.235. The van der Waals surface area contributed by atoms with Crippen molar-refractivity contribution < 1.29 is 0 Å². The molecule has 1 saturated carbocycles. The fourth-order valence-corrected chi connectivity index (χ4v) is 3.43. The highest BCUT2D eigenvalue weighted by Crippen LogP contribution is 2.39. The third kappa shape index (κ3) is 2.34. The maximum absolute atomic E-state index is 4.70. The van der Waals surface area contributed by atoms with Gasteiger partial charge in [-0.1, -0.05) is 6.07 Å². The van der Waals surface area contributed by atoms with Gasteiger partial charge < -0.3 is 4.40 Å². The average molecular weight is 368 g/mol. The van der Waals surface area contributed by atoms with Crippen LogP contribution in [0.15, 0.2) is 47.6 Å². The third-order valence-corrected chi connectivity index (χ3v) is 4.90. The van der Waals surface area contributed by atoms with Crippen LogP contribution in [0.3, 0.4) is 0 Å². The molecule has 0 spiro atoms. The van der Waals surface area contributed by atoms with Crippen LogP contribution in [-0.2, 0) is 6.54 Å². The molecule has 0 saturated heterocycles. The predicted molar refractivity (Wildman–Crippen MR) is 91.5 cm³/mol. The van der Waals surface area contributed by atoms with E-state index in [4.69, 9.17) is 4.98 Å². The van der Waals surface area contributed by atoms with Crippen LogP contribution in [0.1, 0.15) is 30.0 Å². The smallest absolute Gasteiger partial charge is 0.137 e. The maximum atomic E-state index is 4.70. The summed E-state index contributed by atoms with van der Waals surface area (Å²) in [5.74, 6) is 0.756. The van der Waals surface area contributed by atoms with Crippen molar-refractivity contribution in [1.82, 2.24) is 24.1 Å². The van der Waals surface area contributed by atoms with Gasteiger partial charge in [-0.15, -0.1) is 0 Å². The van der Waals surface area contributed by atoms with E-state index in [0.29, 0.717) is 6.54 Å². The largest absolute Gasteiger partial charge is 0.306 e. The summed E-state index contributed by atoms with van der Waals surface area (Å²) in [6.07, 6.45) is 10.8. The SMILES string of the molecule is Brc1nccc2cn(Cc3cn4cc(C5CC5)ccc4n3)nc12. The van der Waals surface area contributed by atoms with Gasteiger partial charge in [0.15, 0.2) is 0 Å². The number of aromatic nitrogens is 5. The molecule has 0 radical (unpaired) electrons. The molecule has 4 aromatic heterocycles. The van der Waals surface area contributed by atoms with Gasteiger partial charge >= 0.3 is 0 Å². The first-order valence-corrected chi connectivity index (χ1v) is 8.51. The molecule has 4 heterocycles. The number of nitrogens with zero attached hydrogens (tertiary/aromatic N) is 5. The highest BCUT2D eigenvalue weighted by Gasteiger charge is 2.23. The minimum absolute atomic E-state index is 0.654. The summed E-state index contributed by atoms with van der Waals surface area (Å²) in [6, 6.07) is 6.28. The lowest BCUT2D eigenvalue weighted by molar-refractivity contribution is 0.683. The molecule has 4 aromatic rings. The van der Waals surface area contributed by atoms with E-state index in [0.717, 1.165) is 32.8 Å². The highest BCUT2D eigenvalue weighted by atomic mass is 79.9. The maximum Gasteiger partial charge on any atom is 0.137 e. The van der Waals surface area contributed by atoms with Crippen molar-refractivity contribution in [3.8, 4) is 0 Å². The van der Waals surface area contributed by atoms with E-state index in [9.17, 15) is 0 Å². The summed E-state index contributed by atoms with van der Waals surface area (Å²) in [5.41, 5.74) is 4.30. The monoisotopic (exact) mass is 367 g/mol. The number of hydrogen-bond donors (Lipinski definition) is 0. The van der Waals surface area contributed by atoms with Crippen molar-refractivity contribution in [2.45, 2.75) is 25.3 Å². The lowest BCUT2D eigenvalue weighted by Crippen LogP contribution is -2.00. The minimum Gasteiger partial charge on any atom is -0.306 e. The van der Waals surface area contributed by atoms with Gasteiger partial charge in [-0.3, -0.25) is 4.68 Å². The van der Waals surface area contributed by atoms with E-state index in [1.165, 1.54) is 18.4 Å². The van der Waals surface area contributed by atoms with E-state index < -0.39 is 0 Å². The molecule has 0 unspecified atom stereocenters. The Morgan fingerprint density at radius 3 is 2.87 bits per heavy atom. The molecule has 0 aliphatic heterocycles. The molecular weight excluding hydrogens is 354 g/mol. The molecule has 5 rings (SSSR count). The van der Waals surface area contributed by atoms with Crippen LogP contribution in [-0.4, -0.2) is 24.1 Å². The van der Waals surface area contributed by atoms with Gasteiger partial charge in [0.2, 0.25) is 0 Å². The number of rotatable bonds is 3. The molecule has 114 valence electrons. The topological polar surface area (TPSA) is 48.0 Å². The number of hydrogen-bond acceptors (Lipinski definition) is 3. The summed E-state index contributed by atoms with van der Waals surface area (Å²) < 4.78 is 4.82. The first-order valence-electron chi connectivity index (χ1n) is 7.71. The van der Waals surface area contributed by atoms with Gasteiger partial charge in [0.05, 0.1) is 12.2 Å². The lowest BCUT2D eigenvalue weighted by atomic mass is 10.2. The zero-order valence-electron chi connectivity index (χ0n) is 12.4. The van der Waals surface area contributed by atoms with Crippen LogP contribution in [0, 0.1) is 0 Å². The van der Waals surface area contributed by atoms with E-state index in [1.807, 2.05) is 16.9 Å². The summed E-state index contributed by atoms with van der Waals surface area (Å²) in [7, 11) is 0. The van der Waals surface area contributed by atoms with Crippen LogP contribution in [0.2, 0.25) is 0 Å². The molecule has 23 heavy (non-hydrogen) atoms. The molecule has 5 nitrogen and oxygen atoms in total. The summed E-state index contributed by atoms with van der Waals surface area (Å²) in [4.78, 5) is 8.91. The van der Waals surface area contributed by atoms with Crippen molar-refractivity contribution >= 4 is 32.5 Å². The van der Waals surface area contributed by atoms with Gasteiger partial charge in [0.1, 0.15) is 15.8 Å². The Bertz CT molecular complexity index is 1030. The second kappa shape index (κ2) is 4.89. The molecule has 0 amide bonds. The molecule has 0 aromatic carbocycles. The molecule has 0 N–H and O–H groups in total. The van der Waals surface area contributed by atoms with E-state index in [1.54, 1.807) is 6.20 Å². The Kier molecular flexibility index (Phi) is 2.82. The quantitative estimate of drug-likeness (QED) is 0.518. The second-order valence-electron chi connectivity index (χ2n) is 6.10. The highest BCUT2D eigenvalue weighted by molar-refractivity contribution is 9.10. The van der Waals surface area contributed by atoms with Crippen LogP contribution in [0.4, 0.5) is 0 Å². The Morgan fingerprint density at radius 2 is 2.04 bits per heavy atom.